The molecule has 102 valence electrons. The van der Waals surface area contributed by atoms with Crippen LogP contribution in [-0.2, 0) is 6.54 Å². The van der Waals surface area contributed by atoms with Gasteiger partial charge in [0.15, 0.2) is 0 Å². The molecule has 0 aromatic heterocycles. The van der Waals surface area contributed by atoms with Crippen LogP contribution >= 0.6 is 0 Å². The van der Waals surface area contributed by atoms with Crippen molar-refractivity contribution in [1.29, 1.82) is 0 Å². The van der Waals surface area contributed by atoms with Crippen LogP contribution in [0, 0.1) is 5.92 Å². The number of rotatable bonds is 6. The summed E-state index contributed by atoms with van der Waals surface area (Å²) >= 11 is 0. The van der Waals surface area contributed by atoms with Gasteiger partial charge < -0.3 is 5.32 Å². The van der Waals surface area contributed by atoms with Crippen LogP contribution in [-0.4, -0.2) is 14.1 Å². The van der Waals surface area contributed by atoms with Gasteiger partial charge in [0.25, 0.3) is 0 Å². The second-order valence-corrected chi connectivity index (χ2v) is 11.9. The summed E-state index contributed by atoms with van der Waals surface area (Å²) in [5.74, 6) is 0.766. The molecule has 1 aromatic rings. The van der Waals surface area contributed by atoms with Gasteiger partial charge in [0.2, 0.25) is 0 Å². The van der Waals surface area contributed by atoms with Gasteiger partial charge in [-0.25, -0.2) is 0 Å². The van der Waals surface area contributed by atoms with E-state index in [1.165, 1.54) is 12.0 Å². The zero-order valence-electron chi connectivity index (χ0n) is 12.9. The Kier molecular flexibility index (Phi) is 5.61. The Morgan fingerprint density at radius 3 is 2.00 bits per heavy atom. The third kappa shape index (κ3) is 5.36. The monoisotopic (exact) mass is 263 g/mol. The van der Waals surface area contributed by atoms with Crippen molar-refractivity contribution in [3.63, 3.8) is 0 Å². The highest BCUT2D eigenvalue weighted by Gasteiger charge is 2.15. The van der Waals surface area contributed by atoms with Gasteiger partial charge in [0.1, 0.15) is 0 Å². The highest BCUT2D eigenvalue weighted by atomic mass is 28.3. The van der Waals surface area contributed by atoms with Crippen LogP contribution in [0.25, 0.3) is 0 Å². The number of hydrogen-bond acceptors (Lipinski definition) is 1. The molecule has 18 heavy (non-hydrogen) atoms. The van der Waals surface area contributed by atoms with Crippen LogP contribution in [0.15, 0.2) is 24.3 Å². The number of benzene rings is 1. The Labute approximate surface area is 114 Å². The average Bonchev–Trinajstić information content (AvgIpc) is 2.25. The summed E-state index contributed by atoms with van der Waals surface area (Å²) in [5, 5.41) is 5.14. The van der Waals surface area contributed by atoms with Crippen molar-refractivity contribution in [2.75, 3.05) is 0 Å². The highest BCUT2D eigenvalue weighted by molar-refractivity contribution is 6.88. The first-order valence-electron chi connectivity index (χ1n) is 7.12. The molecule has 1 N–H and O–H groups in total. The summed E-state index contributed by atoms with van der Waals surface area (Å²) in [7, 11) is -1.14. The van der Waals surface area contributed by atoms with E-state index in [0.29, 0.717) is 6.04 Å². The lowest BCUT2D eigenvalue weighted by Crippen LogP contribution is -2.37. The number of nitrogens with one attached hydrogen (secondary N) is 1. The molecule has 0 bridgehead atoms. The molecule has 0 aliphatic rings. The minimum atomic E-state index is -1.14. The number of hydrogen-bond donors (Lipinski definition) is 1. The van der Waals surface area contributed by atoms with E-state index in [-0.39, 0.29) is 0 Å². The van der Waals surface area contributed by atoms with Crippen LogP contribution in [0.5, 0.6) is 0 Å². The SMILES string of the molecule is CC(C)CC(C)NCc1ccc([Si](C)(C)C)cc1. The van der Waals surface area contributed by atoms with Gasteiger partial charge in [-0.2, -0.15) is 0 Å². The second-order valence-electron chi connectivity index (χ2n) is 6.86. The topological polar surface area (TPSA) is 12.0 Å². The van der Waals surface area contributed by atoms with Crippen LogP contribution in [0.4, 0.5) is 0 Å². The molecule has 1 nitrogen and oxygen atoms in total. The quantitative estimate of drug-likeness (QED) is 0.771. The Bertz CT molecular complexity index is 348. The smallest absolute Gasteiger partial charge is 0.0775 e. The van der Waals surface area contributed by atoms with Crippen molar-refractivity contribution in [2.24, 2.45) is 5.92 Å². The van der Waals surface area contributed by atoms with Crippen LogP contribution in [0.3, 0.4) is 0 Å². The van der Waals surface area contributed by atoms with Crippen molar-refractivity contribution >= 4 is 13.3 Å². The molecule has 0 aliphatic carbocycles. The minimum absolute atomic E-state index is 0.599. The summed E-state index contributed by atoms with van der Waals surface area (Å²) in [6.45, 7) is 15.0. The molecule has 2 heteroatoms. The minimum Gasteiger partial charge on any atom is -0.310 e. The molecule has 0 spiro atoms. The van der Waals surface area contributed by atoms with Gasteiger partial charge in [-0.05, 0) is 24.8 Å². The van der Waals surface area contributed by atoms with Gasteiger partial charge in [-0.3, -0.25) is 0 Å². The molecule has 1 aromatic carbocycles. The van der Waals surface area contributed by atoms with Crippen LogP contribution in [0.1, 0.15) is 32.8 Å². The van der Waals surface area contributed by atoms with E-state index in [0.717, 1.165) is 12.5 Å². The lowest BCUT2D eigenvalue weighted by molar-refractivity contribution is 0.441. The fourth-order valence-corrected chi connectivity index (χ4v) is 3.37. The fourth-order valence-electron chi connectivity index (χ4n) is 2.21. The Balaban J connectivity index is 2.49. The fraction of sp³-hybridized carbons (Fsp3) is 0.625. The van der Waals surface area contributed by atoms with E-state index in [1.54, 1.807) is 5.19 Å². The first-order valence-corrected chi connectivity index (χ1v) is 10.6. The molecule has 0 heterocycles. The standard InChI is InChI=1S/C16H29NSi/c1-13(2)11-14(3)17-12-15-7-9-16(10-8-15)18(4,5)6/h7-10,13-14,17H,11-12H2,1-6H3. The summed E-state index contributed by atoms with van der Waals surface area (Å²) in [6.07, 6.45) is 1.24. The molecular formula is C16H29NSi. The highest BCUT2D eigenvalue weighted by Crippen LogP contribution is 2.07. The van der Waals surface area contributed by atoms with Crippen molar-refractivity contribution in [3.8, 4) is 0 Å². The summed E-state index contributed by atoms with van der Waals surface area (Å²) < 4.78 is 0. The molecule has 0 saturated carbocycles. The van der Waals surface area contributed by atoms with Crippen molar-refractivity contribution in [2.45, 2.75) is 59.4 Å². The van der Waals surface area contributed by atoms with Gasteiger partial charge in [0, 0.05) is 12.6 Å². The molecular weight excluding hydrogens is 234 g/mol. The van der Waals surface area contributed by atoms with Gasteiger partial charge in [-0.1, -0.05) is 62.9 Å². The summed E-state index contributed by atoms with van der Waals surface area (Å²) in [5.41, 5.74) is 1.40. The maximum atomic E-state index is 3.60. The third-order valence-electron chi connectivity index (χ3n) is 3.30. The van der Waals surface area contributed by atoms with E-state index < -0.39 is 8.07 Å². The average molecular weight is 264 g/mol. The maximum absolute atomic E-state index is 3.60. The zero-order valence-corrected chi connectivity index (χ0v) is 13.9. The van der Waals surface area contributed by atoms with Gasteiger partial charge in [-0.15, -0.1) is 0 Å². The molecule has 0 aliphatic heterocycles. The first-order chi connectivity index (χ1) is 8.29. The predicted molar refractivity (Wildman–Crippen MR) is 85.2 cm³/mol. The Hall–Kier alpha value is -0.603. The molecule has 0 radical (unpaired) electrons. The van der Waals surface area contributed by atoms with Crippen LogP contribution in [0.2, 0.25) is 19.6 Å². The lowest BCUT2D eigenvalue weighted by Gasteiger charge is -2.18. The molecule has 1 atom stereocenters. The largest absolute Gasteiger partial charge is 0.310 e. The second kappa shape index (κ2) is 6.53. The first kappa shape index (κ1) is 15.5. The van der Waals surface area contributed by atoms with Crippen molar-refractivity contribution < 1.29 is 0 Å². The zero-order chi connectivity index (χ0) is 13.8. The van der Waals surface area contributed by atoms with Crippen molar-refractivity contribution in [1.82, 2.24) is 5.32 Å². The normalized spacial score (nSPS) is 13.9. The molecule has 0 saturated heterocycles. The van der Waals surface area contributed by atoms with E-state index >= 15 is 0 Å². The molecule has 1 unspecified atom stereocenters. The molecule has 1 rings (SSSR count). The maximum Gasteiger partial charge on any atom is 0.0775 e. The predicted octanol–water partition coefficient (Wildman–Crippen LogP) is 3.76. The van der Waals surface area contributed by atoms with E-state index in [1.807, 2.05) is 0 Å². The van der Waals surface area contributed by atoms with E-state index in [2.05, 4.69) is 70.0 Å². The van der Waals surface area contributed by atoms with Gasteiger partial charge >= 0.3 is 0 Å². The summed E-state index contributed by atoms with van der Waals surface area (Å²) in [6, 6.07) is 9.79. The van der Waals surface area contributed by atoms with E-state index in [9.17, 15) is 0 Å². The lowest BCUT2D eigenvalue weighted by atomic mass is 10.1. The molecule has 0 fully saturated rings. The third-order valence-corrected chi connectivity index (χ3v) is 5.36. The summed E-state index contributed by atoms with van der Waals surface area (Å²) in [4.78, 5) is 0. The van der Waals surface area contributed by atoms with Crippen molar-refractivity contribution in [3.05, 3.63) is 29.8 Å². The van der Waals surface area contributed by atoms with Crippen LogP contribution < -0.4 is 10.5 Å². The Morgan fingerprint density at radius 1 is 1.00 bits per heavy atom. The van der Waals surface area contributed by atoms with E-state index in [4.69, 9.17) is 0 Å². The Morgan fingerprint density at radius 2 is 1.56 bits per heavy atom. The molecule has 0 amide bonds. The van der Waals surface area contributed by atoms with Gasteiger partial charge in [0.05, 0.1) is 8.07 Å².